The summed E-state index contributed by atoms with van der Waals surface area (Å²) in [6.45, 7) is 12.0. The molecule has 3 spiro atoms. The number of rotatable bonds is 10. The maximum Gasteiger partial charge on any atom is 0.335 e. The van der Waals surface area contributed by atoms with E-state index in [1.165, 1.54) is 6.92 Å². The fourth-order valence-electron chi connectivity index (χ4n) is 10.2. The SMILES string of the molecule is C=C1C(O)C2OC3(CCC(C=CC(C)C4CC(C)=CC5(OC(CC(C)(O)C(=O)O)CCC5O)O4)O3)CCC2OC1C(O)CC(O)C1OC2(CCCCO2)CCC1C. The summed E-state index contributed by atoms with van der Waals surface area (Å²) in [5, 5.41) is 65.1. The Morgan fingerprint density at radius 3 is 2.47 bits per heavy atom. The molecule has 0 amide bonds. The number of hydrogen-bond donors (Lipinski definition) is 6. The summed E-state index contributed by atoms with van der Waals surface area (Å²) in [5.41, 5.74) is -0.683. The molecule has 7 aliphatic heterocycles. The number of ether oxygens (including phenoxy) is 7. The van der Waals surface area contributed by atoms with Gasteiger partial charge >= 0.3 is 5.97 Å². The van der Waals surface area contributed by atoms with Gasteiger partial charge in [0.1, 0.15) is 24.4 Å². The van der Waals surface area contributed by atoms with Crippen molar-refractivity contribution in [1.82, 2.24) is 0 Å². The van der Waals surface area contributed by atoms with Crippen molar-refractivity contribution in [2.75, 3.05) is 6.61 Å². The number of hydrogen-bond acceptors (Lipinski definition) is 13. The fourth-order valence-corrected chi connectivity index (χ4v) is 10.2. The summed E-state index contributed by atoms with van der Waals surface area (Å²) in [5.74, 6) is -4.35. The van der Waals surface area contributed by atoms with E-state index in [4.69, 9.17) is 33.2 Å². The molecule has 0 aromatic heterocycles. The zero-order valence-corrected chi connectivity index (χ0v) is 34.0. The first kappa shape index (κ1) is 43.3. The highest BCUT2D eigenvalue weighted by molar-refractivity contribution is 5.76. The lowest BCUT2D eigenvalue weighted by Gasteiger charge is -2.50. The Hall–Kier alpha value is -1.79. The zero-order chi connectivity index (χ0) is 40.9. The summed E-state index contributed by atoms with van der Waals surface area (Å²) < 4.78 is 44.7. The van der Waals surface area contributed by atoms with Crippen LogP contribution in [0.5, 0.6) is 0 Å². The molecular formula is C43H66O14. The van der Waals surface area contributed by atoms with Crippen molar-refractivity contribution >= 4 is 5.97 Å². The second-order valence-electron chi connectivity index (χ2n) is 18.5. The Kier molecular flexibility index (Phi) is 12.9. The minimum Gasteiger partial charge on any atom is -0.479 e. The molecule has 0 aromatic rings. The first-order valence-corrected chi connectivity index (χ1v) is 21.3. The van der Waals surface area contributed by atoms with Crippen molar-refractivity contribution < 1.29 is 68.6 Å². The van der Waals surface area contributed by atoms with E-state index in [-0.39, 0.29) is 36.9 Å². The third-order valence-electron chi connectivity index (χ3n) is 13.7. The monoisotopic (exact) mass is 806 g/mol. The molecule has 7 heterocycles. The number of aliphatic carboxylic acids is 1. The first-order chi connectivity index (χ1) is 26.9. The molecule has 57 heavy (non-hydrogen) atoms. The van der Waals surface area contributed by atoms with Crippen LogP contribution in [-0.2, 0) is 38.0 Å². The predicted molar refractivity (Wildman–Crippen MR) is 204 cm³/mol. The normalized spacial score (nSPS) is 45.4. The van der Waals surface area contributed by atoms with E-state index in [9.17, 15) is 35.4 Å². The number of carboxylic acids is 1. The molecule has 6 N–H and O–H groups in total. The number of aliphatic hydroxyl groups excluding tert-OH is 4. The summed E-state index contributed by atoms with van der Waals surface area (Å²) in [6, 6.07) is 0. The third-order valence-corrected chi connectivity index (χ3v) is 13.7. The van der Waals surface area contributed by atoms with Crippen molar-refractivity contribution in [3.05, 3.63) is 36.0 Å². The van der Waals surface area contributed by atoms with Crippen molar-refractivity contribution in [3.63, 3.8) is 0 Å². The van der Waals surface area contributed by atoms with Crippen LogP contribution in [0.4, 0.5) is 0 Å². The van der Waals surface area contributed by atoms with E-state index in [1.807, 2.05) is 26.0 Å². The van der Waals surface area contributed by atoms with E-state index in [0.29, 0.717) is 57.1 Å². The van der Waals surface area contributed by atoms with Crippen molar-refractivity contribution in [2.45, 2.75) is 208 Å². The van der Waals surface area contributed by atoms with Gasteiger partial charge in [0.2, 0.25) is 5.79 Å². The summed E-state index contributed by atoms with van der Waals surface area (Å²) in [6.07, 6.45) is 6.04. The molecule has 0 saturated carbocycles. The average Bonchev–Trinajstić information content (AvgIpc) is 3.56. The van der Waals surface area contributed by atoms with Gasteiger partial charge in [-0.15, -0.1) is 0 Å². The van der Waals surface area contributed by atoms with E-state index in [2.05, 4.69) is 13.5 Å². The van der Waals surface area contributed by atoms with Gasteiger partial charge in [-0.25, -0.2) is 4.79 Å². The second kappa shape index (κ2) is 16.9. The van der Waals surface area contributed by atoms with Gasteiger partial charge in [-0.2, -0.15) is 0 Å². The van der Waals surface area contributed by atoms with Crippen LogP contribution in [0, 0.1) is 11.8 Å². The van der Waals surface area contributed by atoms with E-state index >= 15 is 0 Å². The van der Waals surface area contributed by atoms with E-state index in [1.54, 1.807) is 6.08 Å². The quantitative estimate of drug-likeness (QED) is 0.173. The highest BCUT2D eigenvalue weighted by Crippen LogP contribution is 2.47. The van der Waals surface area contributed by atoms with Gasteiger partial charge in [-0.1, -0.05) is 38.2 Å². The van der Waals surface area contributed by atoms with Gasteiger partial charge in [0, 0.05) is 44.4 Å². The predicted octanol–water partition coefficient (Wildman–Crippen LogP) is 3.94. The second-order valence-corrected chi connectivity index (χ2v) is 18.5. The molecule has 14 nitrogen and oxygen atoms in total. The Morgan fingerprint density at radius 1 is 0.982 bits per heavy atom. The lowest BCUT2D eigenvalue weighted by atomic mass is 9.82. The highest BCUT2D eigenvalue weighted by atomic mass is 16.7. The van der Waals surface area contributed by atoms with Crippen LogP contribution in [-0.4, -0.2) is 133 Å². The van der Waals surface area contributed by atoms with Gasteiger partial charge in [-0.05, 0) is 82.8 Å². The smallest absolute Gasteiger partial charge is 0.335 e. The molecule has 17 unspecified atom stereocenters. The fraction of sp³-hybridized carbons (Fsp3) is 0.837. The van der Waals surface area contributed by atoms with Crippen LogP contribution in [0.1, 0.15) is 118 Å². The lowest BCUT2D eigenvalue weighted by molar-refractivity contribution is -0.323. The molecule has 6 fully saturated rings. The van der Waals surface area contributed by atoms with Crippen LogP contribution in [0.25, 0.3) is 0 Å². The maximum atomic E-state index is 11.6. The standard InChI is InChI=1S/C43H66O14/c1-24-20-33(55-43(22-24)34(46)11-10-29(54-43)23-40(5,50)39(48)49)25(2)8-9-28-13-17-42(53-28)18-14-32-38(57-42)35(47)27(4)37(52-32)31(45)21-30(44)36-26(3)12-16-41(56-36)15-6-7-19-51-41/h8-9,22,25-26,28-38,44-47,50H,4,6-7,10-21,23H2,1-3,5H3,(H,48,49). The van der Waals surface area contributed by atoms with Crippen molar-refractivity contribution in [1.29, 1.82) is 0 Å². The van der Waals surface area contributed by atoms with Gasteiger partial charge in [0.25, 0.3) is 0 Å². The maximum absolute atomic E-state index is 11.6. The van der Waals surface area contributed by atoms with E-state index < -0.39 is 83.9 Å². The Bertz CT molecular complexity index is 1510. The van der Waals surface area contributed by atoms with Gasteiger partial charge in [0.15, 0.2) is 17.2 Å². The molecule has 7 rings (SSSR count). The van der Waals surface area contributed by atoms with Crippen LogP contribution in [0.15, 0.2) is 36.0 Å². The third kappa shape index (κ3) is 9.13. The average molecular weight is 807 g/mol. The zero-order valence-electron chi connectivity index (χ0n) is 34.0. The molecule has 6 saturated heterocycles. The number of carbonyl (C=O) groups is 1. The molecule has 17 atom stereocenters. The molecule has 0 aromatic carbocycles. The number of carboxylic acid groups (broad SMARTS) is 1. The molecule has 14 heteroatoms. The topological polar surface area (TPSA) is 203 Å². The Balaban J connectivity index is 0.920. The molecule has 0 bridgehead atoms. The van der Waals surface area contributed by atoms with E-state index in [0.717, 1.165) is 37.7 Å². The molecule has 7 aliphatic rings. The summed E-state index contributed by atoms with van der Waals surface area (Å²) in [4.78, 5) is 11.6. The summed E-state index contributed by atoms with van der Waals surface area (Å²) in [7, 11) is 0. The summed E-state index contributed by atoms with van der Waals surface area (Å²) >= 11 is 0. The largest absolute Gasteiger partial charge is 0.479 e. The number of fused-ring (bicyclic) bond motifs is 1. The van der Waals surface area contributed by atoms with Crippen LogP contribution in [0.2, 0.25) is 0 Å². The van der Waals surface area contributed by atoms with Crippen LogP contribution in [0.3, 0.4) is 0 Å². The van der Waals surface area contributed by atoms with Gasteiger partial charge in [0.05, 0.1) is 49.3 Å². The van der Waals surface area contributed by atoms with Gasteiger partial charge < -0.3 is 63.8 Å². The lowest BCUT2D eigenvalue weighted by Crippen LogP contribution is -2.60. The number of aliphatic hydroxyl groups is 5. The minimum absolute atomic E-state index is 0.00603. The Morgan fingerprint density at radius 2 is 1.74 bits per heavy atom. The van der Waals surface area contributed by atoms with Crippen molar-refractivity contribution in [3.8, 4) is 0 Å². The van der Waals surface area contributed by atoms with Gasteiger partial charge in [-0.3, -0.25) is 0 Å². The molecule has 322 valence electrons. The Labute approximate surface area is 336 Å². The highest BCUT2D eigenvalue weighted by Gasteiger charge is 2.55. The van der Waals surface area contributed by atoms with Crippen LogP contribution >= 0.6 is 0 Å². The van der Waals surface area contributed by atoms with Crippen LogP contribution < -0.4 is 0 Å². The molecule has 0 aliphatic carbocycles. The minimum atomic E-state index is -1.97. The first-order valence-electron chi connectivity index (χ1n) is 21.3. The molecule has 0 radical (unpaired) electrons. The molecular weight excluding hydrogens is 740 g/mol. The van der Waals surface area contributed by atoms with Crippen molar-refractivity contribution in [2.24, 2.45) is 11.8 Å².